The van der Waals surface area contributed by atoms with E-state index in [0.717, 1.165) is 5.56 Å². The lowest BCUT2D eigenvalue weighted by atomic mass is 10.0. The Kier molecular flexibility index (Phi) is 6.82. The summed E-state index contributed by atoms with van der Waals surface area (Å²) in [7, 11) is 0.456. The van der Waals surface area contributed by atoms with Crippen LogP contribution < -0.4 is 19.5 Å². The maximum Gasteiger partial charge on any atom is 0.319 e. The molecule has 0 saturated heterocycles. The van der Waals surface area contributed by atoms with Gasteiger partial charge in [-0.25, -0.2) is 18.1 Å². The minimum absolute atomic E-state index is 0.00897. The van der Waals surface area contributed by atoms with Crippen molar-refractivity contribution in [1.82, 2.24) is 19.7 Å². The minimum Gasteiger partial charge on any atom is -0.480 e. The maximum atomic E-state index is 12.8. The Balaban J connectivity index is 2.27. The molecule has 0 radical (unpaired) electrons. The molecule has 0 aliphatic rings. The highest BCUT2D eigenvalue weighted by atomic mass is 32.2. The van der Waals surface area contributed by atoms with Crippen LogP contribution in [0.2, 0.25) is 0 Å². The first-order chi connectivity index (χ1) is 15.1. The fourth-order valence-corrected chi connectivity index (χ4v) is 4.31. The molecule has 3 rings (SSSR count). The Morgan fingerprint density at radius 3 is 2.44 bits per heavy atom. The van der Waals surface area contributed by atoms with Crippen molar-refractivity contribution in [1.29, 1.82) is 0 Å². The summed E-state index contributed by atoms with van der Waals surface area (Å²) in [6.45, 7) is 5.27. The van der Waals surface area contributed by atoms with Gasteiger partial charge in [-0.15, -0.1) is 0 Å². The van der Waals surface area contributed by atoms with Crippen LogP contribution in [0.25, 0.3) is 22.0 Å². The van der Waals surface area contributed by atoms with Crippen molar-refractivity contribution in [2.75, 3.05) is 26.6 Å². The van der Waals surface area contributed by atoms with Crippen LogP contribution in [0, 0.1) is 12.8 Å². The number of methoxy groups -OCH3 is 2. The number of aliphatic hydroxyl groups is 1. The lowest BCUT2D eigenvalue weighted by molar-refractivity contribution is 0.153. The van der Waals surface area contributed by atoms with Gasteiger partial charge in [0.15, 0.2) is 0 Å². The molecule has 3 aromatic rings. The molecule has 2 heterocycles. The number of anilines is 1. The van der Waals surface area contributed by atoms with Crippen molar-refractivity contribution < 1.29 is 23.0 Å². The van der Waals surface area contributed by atoms with Gasteiger partial charge in [-0.05, 0) is 31.5 Å². The molecule has 0 bridgehead atoms. The summed E-state index contributed by atoms with van der Waals surface area (Å²) < 4.78 is 38.3. The highest BCUT2D eigenvalue weighted by Crippen LogP contribution is 2.36. The fourth-order valence-electron chi connectivity index (χ4n) is 3.23. The van der Waals surface area contributed by atoms with E-state index in [1.807, 2.05) is 13.8 Å². The van der Waals surface area contributed by atoms with E-state index in [9.17, 15) is 13.5 Å². The number of fused-ring (bicyclic) bond motifs is 1. The number of hydrogen-bond donors (Lipinski definition) is 3. The van der Waals surface area contributed by atoms with Crippen LogP contribution in [-0.4, -0.2) is 56.0 Å². The molecule has 0 aliphatic heterocycles. The summed E-state index contributed by atoms with van der Waals surface area (Å²) in [5.74, 6) is 0.180. The first-order valence-electron chi connectivity index (χ1n) is 9.90. The van der Waals surface area contributed by atoms with E-state index in [-0.39, 0.29) is 22.5 Å². The van der Waals surface area contributed by atoms with Gasteiger partial charge in [-0.3, -0.25) is 4.98 Å². The smallest absolute Gasteiger partial charge is 0.319 e. The molecule has 11 heteroatoms. The summed E-state index contributed by atoms with van der Waals surface area (Å²) >= 11 is 0. The first-order valence-corrected chi connectivity index (χ1v) is 11.4. The molecule has 0 fully saturated rings. The van der Waals surface area contributed by atoms with Crippen molar-refractivity contribution in [2.45, 2.75) is 31.9 Å². The number of aryl methyl sites for hydroxylation is 1. The largest absolute Gasteiger partial charge is 0.480 e. The van der Waals surface area contributed by atoms with Gasteiger partial charge < -0.3 is 19.9 Å². The zero-order chi connectivity index (χ0) is 23.6. The third kappa shape index (κ3) is 4.45. The van der Waals surface area contributed by atoms with Gasteiger partial charge in [0.05, 0.1) is 36.7 Å². The van der Waals surface area contributed by atoms with Crippen LogP contribution in [0.1, 0.15) is 19.5 Å². The Labute approximate surface area is 187 Å². The number of sulfonamides is 1. The predicted octanol–water partition coefficient (Wildman–Crippen LogP) is 2.31. The second kappa shape index (κ2) is 9.23. The number of nitrogens with one attached hydrogen (secondary N) is 2. The molecule has 0 aliphatic carbocycles. The van der Waals surface area contributed by atoms with Crippen LogP contribution in [0.3, 0.4) is 0 Å². The number of aliphatic hydroxyl groups excluding tert-OH is 1. The lowest BCUT2D eigenvalue weighted by Crippen LogP contribution is -2.28. The summed E-state index contributed by atoms with van der Waals surface area (Å²) in [4.78, 5) is 12.9. The molecule has 1 unspecified atom stereocenters. The number of aromatic nitrogens is 3. The third-order valence-corrected chi connectivity index (χ3v) is 6.57. The van der Waals surface area contributed by atoms with E-state index >= 15 is 0 Å². The number of benzene rings is 1. The van der Waals surface area contributed by atoms with Crippen LogP contribution >= 0.6 is 0 Å². The van der Waals surface area contributed by atoms with Crippen LogP contribution in [0.4, 0.5) is 5.69 Å². The molecule has 0 amide bonds. The number of hydrogen-bond acceptors (Lipinski definition) is 9. The molecule has 2 aromatic heterocycles. The van der Waals surface area contributed by atoms with E-state index in [1.165, 1.54) is 21.3 Å². The Bertz CT molecular complexity index is 1250. The van der Waals surface area contributed by atoms with Gasteiger partial charge in [0.25, 0.3) is 0 Å². The van der Waals surface area contributed by atoms with Crippen molar-refractivity contribution in [3.8, 4) is 23.0 Å². The van der Waals surface area contributed by atoms with Crippen molar-refractivity contribution >= 4 is 26.6 Å². The monoisotopic (exact) mass is 461 g/mol. The maximum absolute atomic E-state index is 12.8. The predicted molar refractivity (Wildman–Crippen MR) is 121 cm³/mol. The van der Waals surface area contributed by atoms with Gasteiger partial charge in [0.2, 0.25) is 15.9 Å². The van der Waals surface area contributed by atoms with Gasteiger partial charge in [0.1, 0.15) is 11.1 Å². The molecule has 3 N–H and O–H groups in total. The quantitative estimate of drug-likeness (QED) is 0.432. The van der Waals surface area contributed by atoms with Gasteiger partial charge >= 0.3 is 6.01 Å². The fraction of sp³-hybridized carbons (Fsp3) is 0.381. The summed E-state index contributed by atoms with van der Waals surface area (Å²) in [6.07, 6.45) is 0.626. The number of ether oxygens (including phenoxy) is 2. The van der Waals surface area contributed by atoms with Crippen LogP contribution in [0.15, 0.2) is 29.3 Å². The van der Waals surface area contributed by atoms with Gasteiger partial charge in [-0.1, -0.05) is 26.0 Å². The van der Waals surface area contributed by atoms with E-state index in [4.69, 9.17) is 9.47 Å². The zero-order valence-electron chi connectivity index (χ0n) is 18.8. The third-order valence-electron chi connectivity index (χ3n) is 4.99. The van der Waals surface area contributed by atoms with E-state index in [2.05, 4.69) is 25.0 Å². The molecule has 32 heavy (non-hydrogen) atoms. The molecule has 172 valence electrons. The number of pyridine rings is 1. The average molecular weight is 462 g/mol. The number of rotatable bonds is 8. The lowest BCUT2D eigenvalue weighted by Gasteiger charge is -2.22. The first kappa shape index (κ1) is 23.6. The van der Waals surface area contributed by atoms with Crippen molar-refractivity contribution in [3.63, 3.8) is 0 Å². The van der Waals surface area contributed by atoms with Crippen LogP contribution in [-0.2, 0) is 10.0 Å². The summed E-state index contributed by atoms with van der Waals surface area (Å²) in [6, 6.07) is 5.50. The Morgan fingerprint density at radius 1 is 1.12 bits per heavy atom. The minimum atomic E-state index is -3.84. The second-order valence-electron chi connectivity index (χ2n) is 7.45. The molecular weight excluding hydrogens is 434 g/mol. The molecule has 1 aromatic carbocycles. The Morgan fingerprint density at radius 2 is 1.84 bits per heavy atom. The highest BCUT2D eigenvalue weighted by Gasteiger charge is 2.26. The second-order valence-corrected chi connectivity index (χ2v) is 9.28. The molecule has 0 saturated carbocycles. The molecule has 0 spiro atoms. The highest BCUT2D eigenvalue weighted by molar-refractivity contribution is 7.89. The van der Waals surface area contributed by atoms with Gasteiger partial charge in [0, 0.05) is 11.6 Å². The van der Waals surface area contributed by atoms with Crippen molar-refractivity contribution in [3.05, 3.63) is 30.1 Å². The molecule has 1 atom stereocenters. The normalized spacial score (nSPS) is 12.8. The van der Waals surface area contributed by atoms with E-state index in [0.29, 0.717) is 28.0 Å². The Hall–Kier alpha value is -3.02. The summed E-state index contributed by atoms with van der Waals surface area (Å²) in [5.41, 5.74) is 2.46. The van der Waals surface area contributed by atoms with Crippen molar-refractivity contribution in [2.24, 2.45) is 5.92 Å². The molecule has 10 nitrogen and oxygen atoms in total. The summed E-state index contributed by atoms with van der Waals surface area (Å²) in [5, 5.41) is 14.0. The standard InChI is InChI=1S/C21H27N5O5S/c1-11(2)19(27)25-17-14-8-7-13(15-10-23-21(31-6)26-20(15)30-5)9-16(14)24-12(3)18(17)32(28,29)22-4/h7-11,19,22,27H,1-6H3,(H,24,25). The SMILES string of the molecule is CNS(=O)(=O)c1c(C)nc2cc(-c3cnc(OC)nc3OC)ccc2c1NC(O)C(C)C. The topological polar surface area (TPSA) is 136 Å². The average Bonchev–Trinajstić information content (AvgIpc) is 2.77. The van der Waals surface area contributed by atoms with Crippen LogP contribution in [0.5, 0.6) is 11.9 Å². The molecular formula is C21H27N5O5S. The zero-order valence-corrected chi connectivity index (χ0v) is 19.6. The van der Waals surface area contributed by atoms with E-state index in [1.54, 1.807) is 31.3 Å². The van der Waals surface area contributed by atoms with Gasteiger partial charge in [-0.2, -0.15) is 4.98 Å². The van der Waals surface area contributed by atoms with E-state index < -0.39 is 16.3 Å². The number of nitrogens with zero attached hydrogens (tertiary/aromatic N) is 3.